The zero-order valence-electron chi connectivity index (χ0n) is 14.3. The zero-order valence-corrected chi connectivity index (χ0v) is 15.1. The van der Waals surface area contributed by atoms with Crippen molar-refractivity contribution in [2.45, 2.75) is 6.42 Å². The van der Waals surface area contributed by atoms with Crippen molar-refractivity contribution in [3.05, 3.63) is 48.5 Å². The predicted octanol–water partition coefficient (Wildman–Crippen LogP) is 1.54. The quantitative estimate of drug-likeness (QED) is 0.678. The van der Waals surface area contributed by atoms with Gasteiger partial charge in [0.1, 0.15) is 11.6 Å². The van der Waals surface area contributed by atoms with Crippen molar-refractivity contribution in [1.29, 1.82) is 0 Å². The summed E-state index contributed by atoms with van der Waals surface area (Å²) in [5, 5.41) is 0. The molecule has 1 aromatic heterocycles. The highest BCUT2D eigenvalue weighted by molar-refractivity contribution is 7.89. The van der Waals surface area contributed by atoms with Crippen LogP contribution >= 0.6 is 0 Å². The lowest BCUT2D eigenvalue weighted by atomic mass is 10.3. The number of nitrogens with zero attached hydrogens (tertiary/aromatic N) is 4. The molecule has 0 atom stereocenters. The third-order valence-corrected chi connectivity index (χ3v) is 6.05. The van der Waals surface area contributed by atoms with Crippen molar-refractivity contribution in [2.75, 3.05) is 43.4 Å². The number of anilines is 1. The van der Waals surface area contributed by atoms with Crippen LogP contribution in [-0.2, 0) is 10.0 Å². The molecule has 0 aliphatic carbocycles. The Morgan fingerprint density at radius 2 is 1.69 bits per heavy atom. The largest absolute Gasteiger partial charge is 0.494 e. The summed E-state index contributed by atoms with van der Waals surface area (Å²) in [7, 11) is -3.32. The van der Waals surface area contributed by atoms with Crippen molar-refractivity contribution in [2.24, 2.45) is 0 Å². The van der Waals surface area contributed by atoms with Gasteiger partial charge in [-0.1, -0.05) is 0 Å². The number of sulfonamides is 1. The lowest BCUT2D eigenvalue weighted by Crippen LogP contribution is -2.49. The lowest BCUT2D eigenvalue weighted by molar-refractivity contribution is 0.314. The Labute approximate surface area is 152 Å². The molecule has 2 heterocycles. The monoisotopic (exact) mass is 380 g/mol. The van der Waals surface area contributed by atoms with E-state index >= 15 is 0 Å². The van der Waals surface area contributed by atoms with E-state index in [1.54, 1.807) is 18.5 Å². The average molecular weight is 380 g/mol. The molecule has 0 N–H and O–H groups in total. The van der Waals surface area contributed by atoms with Gasteiger partial charge in [0, 0.05) is 38.6 Å². The van der Waals surface area contributed by atoms with Crippen LogP contribution in [0.2, 0.25) is 0 Å². The molecule has 26 heavy (non-hydrogen) atoms. The number of hydrogen-bond acceptors (Lipinski definition) is 6. The smallest absolute Gasteiger partial charge is 0.225 e. The highest BCUT2D eigenvalue weighted by atomic mass is 32.2. The molecular formula is C17H21FN4O3S. The van der Waals surface area contributed by atoms with Gasteiger partial charge in [-0.15, -0.1) is 0 Å². The normalized spacial score (nSPS) is 15.8. The number of halogens is 1. The fourth-order valence-electron chi connectivity index (χ4n) is 2.71. The fraction of sp³-hybridized carbons (Fsp3) is 0.412. The molecule has 3 rings (SSSR count). The van der Waals surface area contributed by atoms with E-state index in [2.05, 4.69) is 9.97 Å². The van der Waals surface area contributed by atoms with Crippen LogP contribution in [0.4, 0.5) is 10.3 Å². The number of piperazine rings is 1. The maximum atomic E-state index is 12.8. The molecule has 0 bridgehead atoms. The second-order valence-electron chi connectivity index (χ2n) is 5.91. The fourth-order valence-corrected chi connectivity index (χ4v) is 4.17. The SMILES string of the molecule is O=S(=O)(CCCOc1ccc(F)cc1)N1CCN(c2ncccn2)CC1. The number of benzene rings is 1. The first kappa shape index (κ1) is 18.5. The zero-order chi connectivity index (χ0) is 18.4. The maximum Gasteiger partial charge on any atom is 0.225 e. The minimum atomic E-state index is -3.32. The molecule has 1 saturated heterocycles. The van der Waals surface area contributed by atoms with E-state index in [0.717, 1.165) is 0 Å². The number of ether oxygens (including phenoxy) is 1. The molecule has 1 fully saturated rings. The first-order valence-corrected chi connectivity index (χ1v) is 10.0. The van der Waals surface area contributed by atoms with E-state index in [4.69, 9.17) is 4.74 Å². The van der Waals surface area contributed by atoms with Gasteiger partial charge >= 0.3 is 0 Å². The molecule has 0 unspecified atom stereocenters. The summed E-state index contributed by atoms with van der Waals surface area (Å²) < 4.78 is 44.7. The molecule has 7 nitrogen and oxygen atoms in total. The third-order valence-electron chi connectivity index (χ3n) is 4.10. The molecule has 0 spiro atoms. The van der Waals surface area contributed by atoms with Gasteiger partial charge in [0.25, 0.3) is 0 Å². The Bertz CT molecular complexity index is 795. The van der Waals surface area contributed by atoms with Crippen LogP contribution < -0.4 is 9.64 Å². The van der Waals surface area contributed by atoms with E-state index < -0.39 is 10.0 Å². The number of hydrogen-bond donors (Lipinski definition) is 0. The number of aromatic nitrogens is 2. The van der Waals surface area contributed by atoms with E-state index in [-0.39, 0.29) is 18.2 Å². The van der Waals surface area contributed by atoms with Crippen LogP contribution in [0.25, 0.3) is 0 Å². The van der Waals surface area contributed by atoms with Gasteiger partial charge in [-0.05, 0) is 36.8 Å². The van der Waals surface area contributed by atoms with Crippen molar-refractivity contribution < 1.29 is 17.5 Å². The van der Waals surface area contributed by atoms with Crippen LogP contribution in [0, 0.1) is 5.82 Å². The standard InChI is InChI=1S/C17H21FN4O3S/c18-15-3-5-16(6-4-15)25-13-2-14-26(23,24)22-11-9-21(10-12-22)17-19-7-1-8-20-17/h1,3-8H,2,9-14H2. The molecule has 1 aliphatic rings. The van der Waals surface area contributed by atoms with Crippen LogP contribution in [0.1, 0.15) is 6.42 Å². The van der Waals surface area contributed by atoms with Gasteiger partial charge in [0.15, 0.2) is 0 Å². The van der Waals surface area contributed by atoms with E-state index in [1.807, 2.05) is 4.90 Å². The Kier molecular flexibility index (Phi) is 6.00. The summed E-state index contributed by atoms with van der Waals surface area (Å²) >= 11 is 0. The lowest BCUT2D eigenvalue weighted by Gasteiger charge is -2.33. The van der Waals surface area contributed by atoms with Crippen molar-refractivity contribution in [3.8, 4) is 5.75 Å². The van der Waals surface area contributed by atoms with Crippen molar-refractivity contribution in [1.82, 2.24) is 14.3 Å². The van der Waals surface area contributed by atoms with Crippen LogP contribution in [-0.4, -0.2) is 61.2 Å². The van der Waals surface area contributed by atoms with Gasteiger partial charge in [-0.3, -0.25) is 0 Å². The van der Waals surface area contributed by atoms with E-state index in [9.17, 15) is 12.8 Å². The minimum Gasteiger partial charge on any atom is -0.494 e. The maximum absolute atomic E-state index is 12.8. The van der Waals surface area contributed by atoms with Gasteiger partial charge in [-0.25, -0.2) is 22.8 Å². The minimum absolute atomic E-state index is 0.0238. The Hall–Kier alpha value is -2.26. The topological polar surface area (TPSA) is 75.6 Å². The second-order valence-corrected chi connectivity index (χ2v) is 8.00. The molecule has 9 heteroatoms. The van der Waals surface area contributed by atoms with Crippen molar-refractivity contribution >= 4 is 16.0 Å². The summed E-state index contributed by atoms with van der Waals surface area (Å²) in [5.41, 5.74) is 0. The van der Waals surface area contributed by atoms with E-state index in [1.165, 1.54) is 28.6 Å². The number of rotatable bonds is 7. The highest BCUT2D eigenvalue weighted by Gasteiger charge is 2.27. The summed E-state index contributed by atoms with van der Waals surface area (Å²) in [4.78, 5) is 10.4. The van der Waals surface area contributed by atoms with Crippen LogP contribution in [0.5, 0.6) is 5.75 Å². The summed E-state index contributed by atoms with van der Waals surface area (Å²) in [6.45, 7) is 2.23. The summed E-state index contributed by atoms with van der Waals surface area (Å²) in [6.07, 6.45) is 3.72. The van der Waals surface area contributed by atoms with Gasteiger partial charge in [0.2, 0.25) is 16.0 Å². The predicted molar refractivity (Wildman–Crippen MR) is 96.1 cm³/mol. The molecule has 0 radical (unpaired) electrons. The highest BCUT2D eigenvalue weighted by Crippen LogP contribution is 2.14. The first-order chi connectivity index (χ1) is 12.5. The molecule has 0 saturated carbocycles. The van der Waals surface area contributed by atoms with Gasteiger partial charge in [-0.2, -0.15) is 4.31 Å². The Morgan fingerprint density at radius 1 is 1.04 bits per heavy atom. The molecule has 1 aromatic carbocycles. The van der Waals surface area contributed by atoms with E-state index in [0.29, 0.717) is 44.3 Å². The van der Waals surface area contributed by atoms with Gasteiger partial charge < -0.3 is 9.64 Å². The molecule has 2 aromatic rings. The summed E-state index contributed by atoms with van der Waals surface area (Å²) in [6, 6.07) is 7.41. The van der Waals surface area contributed by atoms with Crippen LogP contribution in [0.15, 0.2) is 42.7 Å². The summed E-state index contributed by atoms with van der Waals surface area (Å²) in [5.74, 6) is 0.841. The molecule has 140 valence electrons. The first-order valence-electron chi connectivity index (χ1n) is 8.43. The molecular weight excluding hydrogens is 359 g/mol. The van der Waals surface area contributed by atoms with Crippen LogP contribution in [0.3, 0.4) is 0 Å². The third kappa shape index (κ3) is 4.89. The van der Waals surface area contributed by atoms with Crippen molar-refractivity contribution in [3.63, 3.8) is 0 Å². The second kappa shape index (κ2) is 8.41. The molecule has 1 aliphatic heterocycles. The molecule has 0 amide bonds. The Morgan fingerprint density at radius 3 is 2.35 bits per heavy atom. The average Bonchev–Trinajstić information content (AvgIpc) is 2.67. The van der Waals surface area contributed by atoms with Gasteiger partial charge in [0.05, 0.1) is 12.4 Å². The Balaban J connectivity index is 1.43.